The molecule has 0 amide bonds. The van der Waals surface area contributed by atoms with E-state index in [9.17, 15) is 4.79 Å². The van der Waals surface area contributed by atoms with Crippen LogP contribution in [0.3, 0.4) is 0 Å². The number of esters is 1. The van der Waals surface area contributed by atoms with Gasteiger partial charge in [-0.1, -0.05) is 29.3 Å². The van der Waals surface area contributed by atoms with Crippen LogP contribution in [0.5, 0.6) is 0 Å². The first kappa shape index (κ1) is 21.0. The average Bonchev–Trinajstić information content (AvgIpc) is 3.23. The summed E-state index contributed by atoms with van der Waals surface area (Å²) < 4.78 is 5.07. The second kappa shape index (κ2) is 9.67. The van der Waals surface area contributed by atoms with Gasteiger partial charge in [-0.05, 0) is 73.7 Å². The Morgan fingerprint density at radius 1 is 0.967 bits per heavy atom. The van der Waals surface area contributed by atoms with Gasteiger partial charge in [-0.25, -0.2) is 4.79 Å². The molecule has 0 spiro atoms. The molecule has 30 heavy (non-hydrogen) atoms. The molecule has 2 aromatic rings. The fraction of sp³-hybridized carbons (Fsp3) is 0.400. The van der Waals surface area contributed by atoms with E-state index in [-0.39, 0.29) is 5.97 Å². The molecule has 0 bridgehead atoms. The van der Waals surface area contributed by atoms with E-state index in [0.29, 0.717) is 12.2 Å². The van der Waals surface area contributed by atoms with E-state index in [0.717, 1.165) is 37.7 Å². The third-order valence-corrected chi connectivity index (χ3v) is 6.31. The Bertz CT molecular complexity index is 898. The predicted octanol–water partition coefficient (Wildman–Crippen LogP) is 5.28. The fourth-order valence-corrected chi connectivity index (χ4v) is 4.56. The van der Waals surface area contributed by atoms with Crippen LogP contribution in [0.25, 0.3) is 5.57 Å². The molecule has 0 unspecified atom stereocenters. The molecular weight excluding hydrogens is 396 g/mol. The van der Waals surface area contributed by atoms with Crippen LogP contribution in [-0.2, 0) is 4.74 Å². The molecule has 4 rings (SSSR count). The summed E-state index contributed by atoms with van der Waals surface area (Å²) in [4.78, 5) is 16.8. The van der Waals surface area contributed by atoms with E-state index in [1.807, 2.05) is 43.3 Å². The molecule has 1 saturated heterocycles. The summed E-state index contributed by atoms with van der Waals surface area (Å²) >= 11 is 6.06. The highest BCUT2D eigenvalue weighted by Gasteiger charge is 2.22. The lowest BCUT2D eigenvalue weighted by atomic mass is 10.0. The van der Waals surface area contributed by atoms with Gasteiger partial charge in [0, 0.05) is 43.4 Å². The molecule has 0 N–H and O–H groups in total. The Balaban J connectivity index is 1.35. The van der Waals surface area contributed by atoms with Crippen molar-refractivity contribution in [3.8, 4) is 0 Å². The highest BCUT2D eigenvalue weighted by molar-refractivity contribution is 6.30. The number of allylic oxidation sites excluding steroid dienone is 1. The largest absolute Gasteiger partial charge is 0.462 e. The van der Waals surface area contributed by atoms with E-state index in [2.05, 4.69) is 21.9 Å². The van der Waals surface area contributed by atoms with Crippen molar-refractivity contribution < 1.29 is 9.53 Å². The van der Waals surface area contributed by atoms with Gasteiger partial charge in [0.2, 0.25) is 0 Å². The van der Waals surface area contributed by atoms with Gasteiger partial charge in [0.1, 0.15) is 0 Å². The zero-order chi connectivity index (χ0) is 20.9. The summed E-state index contributed by atoms with van der Waals surface area (Å²) in [6.07, 6.45) is 3.62. The SMILES string of the molecule is CCOC(=O)c1ccc(N2CCN(CC3=C(c4ccc(Cl)cc4)CCC3)CC2)cc1. The number of carbonyl (C=O) groups excluding carboxylic acids is 1. The first-order chi connectivity index (χ1) is 14.6. The van der Waals surface area contributed by atoms with Gasteiger partial charge < -0.3 is 9.64 Å². The topological polar surface area (TPSA) is 32.8 Å². The van der Waals surface area contributed by atoms with Crippen molar-refractivity contribution in [3.63, 3.8) is 0 Å². The number of nitrogens with zero attached hydrogens (tertiary/aromatic N) is 2. The van der Waals surface area contributed by atoms with Crippen molar-refractivity contribution in [2.75, 3.05) is 44.2 Å². The Morgan fingerprint density at radius 3 is 2.33 bits per heavy atom. The molecule has 1 aliphatic heterocycles. The summed E-state index contributed by atoms with van der Waals surface area (Å²) in [7, 11) is 0. The third kappa shape index (κ3) is 4.88. The monoisotopic (exact) mass is 424 g/mol. The van der Waals surface area contributed by atoms with Crippen LogP contribution in [0.1, 0.15) is 42.1 Å². The van der Waals surface area contributed by atoms with Crippen molar-refractivity contribution in [1.29, 1.82) is 0 Å². The number of rotatable bonds is 6. The summed E-state index contributed by atoms with van der Waals surface area (Å²) in [6.45, 7) is 7.40. The summed E-state index contributed by atoms with van der Waals surface area (Å²) in [5.74, 6) is -0.254. The van der Waals surface area contributed by atoms with Crippen LogP contribution in [0.4, 0.5) is 5.69 Å². The molecule has 4 nitrogen and oxygen atoms in total. The third-order valence-electron chi connectivity index (χ3n) is 6.06. The summed E-state index contributed by atoms with van der Waals surface area (Å²) in [5.41, 5.74) is 6.22. The van der Waals surface area contributed by atoms with Gasteiger partial charge in [-0.3, -0.25) is 4.90 Å². The smallest absolute Gasteiger partial charge is 0.338 e. The number of ether oxygens (including phenoxy) is 1. The van der Waals surface area contributed by atoms with E-state index < -0.39 is 0 Å². The van der Waals surface area contributed by atoms with Crippen LogP contribution >= 0.6 is 11.6 Å². The van der Waals surface area contributed by atoms with E-state index in [1.54, 1.807) is 5.57 Å². The molecule has 1 fully saturated rings. The quantitative estimate of drug-likeness (QED) is 0.591. The maximum atomic E-state index is 11.8. The number of anilines is 1. The molecule has 0 saturated carbocycles. The molecule has 0 aromatic heterocycles. The Hall–Kier alpha value is -2.30. The molecule has 0 atom stereocenters. The maximum absolute atomic E-state index is 11.8. The van der Waals surface area contributed by atoms with Crippen LogP contribution in [0.15, 0.2) is 54.1 Å². The van der Waals surface area contributed by atoms with Crippen molar-refractivity contribution in [2.24, 2.45) is 0 Å². The fourth-order valence-electron chi connectivity index (χ4n) is 4.44. The number of carbonyl (C=O) groups is 1. The van der Waals surface area contributed by atoms with E-state index >= 15 is 0 Å². The zero-order valence-electron chi connectivity index (χ0n) is 17.6. The summed E-state index contributed by atoms with van der Waals surface area (Å²) in [6, 6.07) is 16.1. The van der Waals surface area contributed by atoms with Gasteiger partial charge in [-0.2, -0.15) is 0 Å². The number of hydrogen-bond donors (Lipinski definition) is 0. The molecule has 2 aliphatic rings. The molecule has 2 aromatic carbocycles. The van der Waals surface area contributed by atoms with Gasteiger partial charge >= 0.3 is 5.97 Å². The molecule has 1 aliphatic carbocycles. The Kier molecular flexibility index (Phi) is 6.76. The first-order valence-electron chi connectivity index (χ1n) is 10.9. The van der Waals surface area contributed by atoms with Crippen molar-refractivity contribution in [1.82, 2.24) is 4.90 Å². The first-order valence-corrected chi connectivity index (χ1v) is 11.2. The van der Waals surface area contributed by atoms with Crippen LogP contribution in [-0.4, -0.2) is 50.2 Å². The van der Waals surface area contributed by atoms with Gasteiger partial charge in [0.05, 0.1) is 12.2 Å². The van der Waals surface area contributed by atoms with Crippen LogP contribution in [0.2, 0.25) is 5.02 Å². The molecule has 5 heteroatoms. The number of benzene rings is 2. The Morgan fingerprint density at radius 2 is 1.67 bits per heavy atom. The predicted molar refractivity (Wildman–Crippen MR) is 123 cm³/mol. The van der Waals surface area contributed by atoms with E-state index in [1.165, 1.54) is 36.1 Å². The van der Waals surface area contributed by atoms with Gasteiger partial charge in [-0.15, -0.1) is 0 Å². The van der Waals surface area contributed by atoms with Gasteiger partial charge in [0.25, 0.3) is 0 Å². The second-order valence-corrected chi connectivity index (χ2v) is 8.41. The average molecular weight is 425 g/mol. The van der Waals surface area contributed by atoms with Crippen molar-refractivity contribution >= 4 is 28.8 Å². The normalized spacial score (nSPS) is 17.5. The Labute approximate surface area is 184 Å². The lowest BCUT2D eigenvalue weighted by molar-refractivity contribution is 0.0526. The van der Waals surface area contributed by atoms with Crippen molar-refractivity contribution in [2.45, 2.75) is 26.2 Å². The van der Waals surface area contributed by atoms with E-state index in [4.69, 9.17) is 16.3 Å². The lowest BCUT2D eigenvalue weighted by Gasteiger charge is -2.36. The van der Waals surface area contributed by atoms with Crippen molar-refractivity contribution in [3.05, 3.63) is 70.3 Å². The minimum absolute atomic E-state index is 0.254. The standard InChI is InChI=1S/C25H29ClN2O2/c1-2-30-25(29)20-8-12-23(13-9-20)28-16-14-27(15-17-28)18-21-4-3-5-24(21)19-6-10-22(26)11-7-19/h6-13H,2-5,14-18H2,1H3. The molecule has 1 heterocycles. The highest BCUT2D eigenvalue weighted by Crippen LogP contribution is 2.35. The number of hydrogen-bond acceptors (Lipinski definition) is 4. The second-order valence-electron chi connectivity index (χ2n) is 7.97. The molecular formula is C25H29ClN2O2. The molecule has 158 valence electrons. The molecule has 0 radical (unpaired) electrons. The maximum Gasteiger partial charge on any atom is 0.338 e. The minimum atomic E-state index is -0.254. The van der Waals surface area contributed by atoms with Crippen LogP contribution in [0, 0.1) is 0 Å². The zero-order valence-corrected chi connectivity index (χ0v) is 18.3. The lowest BCUT2D eigenvalue weighted by Crippen LogP contribution is -2.46. The number of halogens is 1. The summed E-state index contributed by atoms with van der Waals surface area (Å²) in [5, 5.41) is 0.797. The van der Waals surface area contributed by atoms with Gasteiger partial charge in [0.15, 0.2) is 0 Å². The van der Waals surface area contributed by atoms with Crippen LogP contribution < -0.4 is 4.90 Å². The highest BCUT2D eigenvalue weighted by atomic mass is 35.5. The number of piperazine rings is 1. The minimum Gasteiger partial charge on any atom is -0.462 e.